The van der Waals surface area contributed by atoms with Crippen molar-refractivity contribution in [1.29, 1.82) is 0 Å². The fourth-order valence-corrected chi connectivity index (χ4v) is 2.02. The van der Waals surface area contributed by atoms with E-state index in [0.29, 0.717) is 6.54 Å². The zero-order chi connectivity index (χ0) is 11.1. The molecule has 5 nitrogen and oxygen atoms in total. The molecular formula is C10H25N5. The Morgan fingerprint density at radius 2 is 1.53 bits per heavy atom. The lowest BCUT2D eigenvalue weighted by molar-refractivity contribution is 0.129. The summed E-state index contributed by atoms with van der Waals surface area (Å²) in [6.45, 7) is 7.90. The molecular weight excluding hydrogens is 190 g/mol. The Bertz CT molecular complexity index is 156. The minimum Gasteiger partial charge on any atom is -0.330 e. The van der Waals surface area contributed by atoms with E-state index in [1.807, 2.05) is 0 Å². The highest BCUT2D eigenvalue weighted by Gasteiger charge is 2.17. The van der Waals surface area contributed by atoms with E-state index in [9.17, 15) is 0 Å². The maximum Gasteiger partial charge on any atom is 0.0179 e. The predicted molar refractivity (Wildman–Crippen MR) is 63.6 cm³/mol. The smallest absolute Gasteiger partial charge is 0.0179 e. The molecule has 1 fully saturated rings. The van der Waals surface area contributed by atoms with Gasteiger partial charge in [-0.1, -0.05) is 0 Å². The van der Waals surface area contributed by atoms with Crippen molar-refractivity contribution in [2.45, 2.75) is 12.5 Å². The minimum absolute atomic E-state index is 0.232. The molecule has 0 aromatic carbocycles. The normalized spacial score (nSPS) is 21.8. The molecule has 1 saturated heterocycles. The summed E-state index contributed by atoms with van der Waals surface area (Å²) in [6.07, 6.45) is 0.920. The first-order valence-corrected chi connectivity index (χ1v) is 5.86. The Morgan fingerprint density at radius 3 is 2.07 bits per heavy atom. The van der Waals surface area contributed by atoms with Crippen molar-refractivity contribution in [2.24, 2.45) is 17.2 Å². The maximum atomic E-state index is 5.95. The summed E-state index contributed by atoms with van der Waals surface area (Å²) in [4.78, 5) is 4.83. The zero-order valence-corrected chi connectivity index (χ0v) is 9.57. The van der Waals surface area contributed by atoms with Crippen molar-refractivity contribution in [3.8, 4) is 0 Å². The summed E-state index contributed by atoms with van der Waals surface area (Å²) in [5, 5.41) is 0. The molecule has 1 unspecified atom stereocenters. The molecule has 1 heterocycles. The van der Waals surface area contributed by atoms with Gasteiger partial charge in [0.25, 0.3) is 0 Å². The van der Waals surface area contributed by atoms with Crippen molar-refractivity contribution in [3.63, 3.8) is 0 Å². The van der Waals surface area contributed by atoms with Crippen LogP contribution in [0.3, 0.4) is 0 Å². The van der Waals surface area contributed by atoms with Crippen LogP contribution in [0.1, 0.15) is 6.42 Å². The van der Waals surface area contributed by atoms with Crippen molar-refractivity contribution in [3.05, 3.63) is 0 Å². The molecule has 1 atom stereocenters. The molecule has 1 aliphatic rings. The summed E-state index contributed by atoms with van der Waals surface area (Å²) < 4.78 is 0. The standard InChI is InChI=1S/C10H25N5/c11-2-1-10(13)9-15-7-5-14(4-3-12)6-8-15/h10H,1-9,11-13H2. The summed E-state index contributed by atoms with van der Waals surface area (Å²) in [5.74, 6) is 0. The van der Waals surface area contributed by atoms with Gasteiger partial charge in [-0.15, -0.1) is 0 Å². The van der Waals surface area contributed by atoms with Crippen LogP contribution in [0.2, 0.25) is 0 Å². The monoisotopic (exact) mass is 215 g/mol. The summed E-state index contributed by atoms with van der Waals surface area (Å²) in [7, 11) is 0. The predicted octanol–water partition coefficient (Wildman–Crippen LogP) is -1.76. The van der Waals surface area contributed by atoms with E-state index < -0.39 is 0 Å². The highest BCUT2D eigenvalue weighted by Crippen LogP contribution is 2.02. The topological polar surface area (TPSA) is 84.5 Å². The molecule has 0 aromatic heterocycles. The van der Waals surface area contributed by atoms with Crippen molar-refractivity contribution < 1.29 is 0 Å². The van der Waals surface area contributed by atoms with Gasteiger partial charge >= 0.3 is 0 Å². The van der Waals surface area contributed by atoms with E-state index in [-0.39, 0.29) is 6.04 Å². The van der Waals surface area contributed by atoms with Gasteiger partial charge < -0.3 is 17.2 Å². The van der Waals surface area contributed by atoms with Crippen LogP contribution in [-0.2, 0) is 0 Å². The molecule has 0 saturated carbocycles. The van der Waals surface area contributed by atoms with E-state index >= 15 is 0 Å². The number of rotatable bonds is 6. The lowest BCUT2D eigenvalue weighted by atomic mass is 10.2. The number of hydrogen-bond donors (Lipinski definition) is 3. The molecule has 15 heavy (non-hydrogen) atoms. The molecule has 5 heteroatoms. The molecule has 0 radical (unpaired) electrons. The van der Waals surface area contributed by atoms with Gasteiger partial charge in [-0.2, -0.15) is 0 Å². The zero-order valence-electron chi connectivity index (χ0n) is 9.57. The van der Waals surface area contributed by atoms with Gasteiger partial charge in [0, 0.05) is 51.9 Å². The Hall–Kier alpha value is -0.200. The number of piperazine rings is 1. The van der Waals surface area contributed by atoms with Gasteiger partial charge in [-0.05, 0) is 13.0 Å². The van der Waals surface area contributed by atoms with Crippen molar-refractivity contribution >= 4 is 0 Å². The van der Waals surface area contributed by atoms with Crippen LogP contribution in [0.15, 0.2) is 0 Å². The molecule has 0 aliphatic carbocycles. The van der Waals surface area contributed by atoms with Crippen LogP contribution in [0.5, 0.6) is 0 Å². The van der Waals surface area contributed by atoms with Crippen LogP contribution >= 0.6 is 0 Å². The second-order valence-corrected chi connectivity index (χ2v) is 4.27. The molecule has 6 N–H and O–H groups in total. The van der Waals surface area contributed by atoms with E-state index in [1.54, 1.807) is 0 Å². The molecule has 0 bridgehead atoms. The third kappa shape index (κ3) is 4.90. The molecule has 0 aromatic rings. The van der Waals surface area contributed by atoms with Crippen LogP contribution in [0.4, 0.5) is 0 Å². The number of nitrogens with zero attached hydrogens (tertiary/aromatic N) is 2. The van der Waals surface area contributed by atoms with Crippen LogP contribution < -0.4 is 17.2 Å². The van der Waals surface area contributed by atoms with Gasteiger partial charge in [-0.25, -0.2) is 0 Å². The lowest BCUT2D eigenvalue weighted by Crippen LogP contribution is -2.50. The Morgan fingerprint density at radius 1 is 0.933 bits per heavy atom. The average molecular weight is 215 g/mol. The number of nitrogens with two attached hydrogens (primary N) is 3. The van der Waals surface area contributed by atoms with E-state index in [0.717, 1.165) is 52.2 Å². The third-order valence-corrected chi connectivity index (χ3v) is 2.94. The molecule has 0 spiro atoms. The van der Waals surface area contributed by atoms with Crippen molar-refractivity contribution in [2.75, 3.05) is 52.4 Å². The van der Waals surface area contributed by atoms with Gasteiger partial charge in [0.1, 0.15) is 0 Å². The van der Waals surface area contributed by atoms with E-state index in [2.05, 4.69) is 9.80 Å². The van der Waals surface area contributed by atoms with Gasteiger partial charge in [0.05, 0.1) is 0 Å². The fourth-order valence-electron chi connectivity index (χ4n) is 2.02. The number of hydrogen-bond acceptors (Lipinski definition) is 5. The van der Waals surface area contributed by atoms with Crippen molar-refractivity contribution in [1.82, 2.24) is 9.80 Å². The second-order valence-electron chi connectivity index (χ2n) is 4.27. The summed E-state index contributed by atoms with van der Waals surface area (Å²) in [6, 6.07) is 0.232. The van der Waals surface area contributed by atoms with Crippen LogP contribution in [-0.4, -0.2) is 68.2 Å². The quantitative estimate of drug-likeness (QED) is 0.489. The SMILES string of the molecule is NCCC(N)CN1CCN(CCN)CC1. The molecule has 1 rings (SSSR count). The Labute approximate surface area is 92.6 Å². The average Bonchev–Trinajstić information content (AvgIpc) is 2.22. The van der Waals surface area contributed by atoms with Gasteiger partial charge in [0.2, 0.25) is 0 Å². The van der Waals surface area contributed by atoms with Gasteiger partial charge in [-0.3, -0.25) is 9.80 Å². The molecule has 90 valence electrons. The van der Waals surface area contributed by atoms with Crippen LogP contribution in [0, 0.1) is 0 Å². The Balaban J connectivity index is 2.14. The first kappa shape index (κ1) is 12.9. The largest absolute Gasteiger partial charge is 0.330 e. The van der Waals surface area contributed by atoms with E-state index in [4.69, 9.17) is 17.2 Å². The van der Waals surface area contributed by atoms with Gasteiger partial charge in [0.15, 0.2) is 0 Å². The lowest BCUT2D eigenvalue weighted by Gasteiger charge is -2.35. The third-order valence-electron chi connectivity index (χ3n) is 2.94. The van der Waals surface area contributed by atoms with E-state index in [1.165, 1.54) is 0 Å². The first-order valence-electron chi connectivity index (χ1n) is 5.86. The second kappa shape index (κ2) is 7.14. The summed E-state index contributed by atoms with van der Waals surface area (Å²) in [5.41, 5.74) is 17.0. The highest BCUT2D eigenvalue weighted by atomic mass is 15.3. The summed E-state index contributed by atoms with van der Waals surface area (Å²) >= 11 is 0. The maximum absolute atomic E-state index is 5.95. The highest BCUT2D eigenvalue weighted by molar-refractivity contribution is 4.75. The molecule has 1 aliphatic heterocycles. The molecule has 0 amide bonds. The van der Waals surface area contributed by atoms with Crippen LogP contribution in [0.25, 0.3) is 0 Å². The minimum atomic E-state index is 0.232. The Kier molecular flexibility index (Phi) is 6.12. The first-order chi connectivity index (χ1) is 7.26. The fraction of sp³-hybridized carbons (Fsp3) is 1.00.